The number of carbonyl (C=O) groups excluding carboxylic acids is 2. The van der Waals surface area contributed by atoms with Crippen molar-refractivity contribution in [1.82, 2.24) is 10.2 Å². The zero-order valence-corrected chi connectivity index (χ0v) is 16.1. The summed E-state index contributed by atoms with van der Waals surface area (Å²) in [5.41, 5.74) is 3.29. The lowest BCUT2D eigenvalue weighted by molar-refractivity contribution is 0.0785. The average molecular weight is 377 g/mol. The van der Waals surface area contributed by atoms with Gasteiger partial charge in [-0.25, -0.2) is 4.79 Å². The lowest BCUT2D eigenvalue weighted by Gasteiger charge is -2.19. The summed E-state index contributed by atoms with van der Waals surface area (Å²) in [6.07, 6.45) is 0.776. The standard InChI is InChI=1S/C22H23N3O3/c1-3-19-18(17-6-4-5-7-20(17)28-19)14-24(2)21(26)15-8-10-16(11-9-15)25-13-12-23-22(25)27/h4-11H,3,12-14H2,1-2H3,(H,23,27). The van der Waals surface area contributed by atoms with Gasteiger partial charge in [0.2, 0.25) is 0 Å². The van der Waals surface area contributed by atoms with E-state index in [1.807, 2.05) is 36.4 Å². The summed E-state index contributed by atoms with van der Waals surface area (Å²) in [5.74, 6) is 0.848. The highest BCUT2D eigenvalue weighted by atomic mass is 16.3. The van der Waals surface area contributed by atoms with E-state index in [0.717, 1.165) is 34.4 Å². The normalized spacial score (nSPS) is 13.8. The summed E-state index contributed by atoms with van der Waals surface area (Å²) in [5, 5.41) is 3.83. The molecule has 4 rings (SSSR count). The third-order valence-corrected chi connectivity index (χ3v) is 5.13. The van der Waals surface area contributed by atoms with Crippen LogP contribution >= 0.6 is 0 Å². The van der Waals surface area contributed by atoms with Gasteiger partial charge >= 0.3 is 6.03 Å². The molecule has 1 aliphatic rings. The first kappa shape index (κ1) is 18.1. The van der Waals surface area contributed by atoms with Crippen LogP contribution in [-0.4, -0.2) is 37.0 Å². The summed E-state index contributed by atoms with van der Waals surface area (Å²) < 4.78 is 5.94. The number of nitrogens with zero attached hydrogens (tertiary/aromatic N) is 2. The quantitative estimate of drug-likeness (QED) is 0.736. The number of fused-ring (bicyclic) bond motifs is 1. The molecule has 144 valence electrons. The van der Waals surface area contributed by atoms with Crippen LogP contribution in [0, 0.1) is 0 Å². The van der Waals surface area contributed by atoms with E-state index in [2.05, 4.69) is 12.2 Å². The Morgan fingerprint density at radius 2 is 1.93 bits per heavy atom. The third kappa shape index (κ3) is 3.22. The van der Waals surface area contributed by atoms with Gasteiger partial charge < -0.3 is 14.6 Å². The maximum absolute atomic E-state index is 12.9. The minimum Gasteiger partial charge on any atom is -0.461 e. The molecule has 0 saturated carbocycles. The molecule has 0 aliphatic carbocycles. The van der Waals surface area contributed by atoms with E-state index in [-0.39, 0.29) is 11.9 Å². The molecule has 3 amide bonds. The fraction of sp³-hybridized carbons (Fsp3) is 0.273. The Morgan fingerprint density at radius 3 is 2.61 bits per heavy atom. The van der Waals surface area contributed by atoms with Crippen LogP contribution in [0.4, 0.5) is 10.5 Å². The Kier molecular flexibility index (Phi) is 4.77. The number of rotatable bonds is 5. The lowest BCUT2D eigenvalue weighted by atomic mass is 10.1. The molecule has 1 N–H and O–H groups in total. The molecular weight excluding hydrogens is 354 g/mol. The van der Waals surface area contributed by atoms with Gasteiger partial charge in [-0.05, 0) is 30.3 Å². The maximum atomic E-state index is 12.9. The van der Waals surface area contributed by atoms with Crippen molar-refractivity contribution in [2.24, 2.45) is 0 Å². The minimum atomic E-state index is -0.102. The molecule has 0 bridgehead atoms. The van der Waals surface area contributed by atoms with Crippen molar-refractivity contribution in [3.63, 3.8) is 0 Å². The summed E-state index contributed by atoms with van der Waals surface area (Å²) in [6.45, 7) is 3.81. The zero-order chi connectivity index (χ0) is 19.7. The molecule has 28 heavy (non-hydrogen) atoms. The first-order valence-corrected chi connectivity index (χ1v) is 9.48. The van der Waals surface area contributed by atoms with Crippen LogP contribution in [0.3, 0.4) is 0 Å². The highest BCUT2D eigenvalue weighted by Gasteiger charge is 2.22. The van der Waals surface area contributed by atoms with E-state index >= 15 is 0 Å². The first-order chi connectivity index (χ1) is 13.6. The van der Waals surface area contributed by atoms with Gasteiger partial charge in [-0.3, -0.25) is 9.69 Å². The summed E-state index contributed by atoms with van der Waals surface area (Å²) in [6, 6.07) is 15.0. The van der Waals surface area contributed by atoms with Crippen molar-refractivity contribution < 1.29 is 14.0 Å². The number of hydrogen-bond donors (Lipinski definition) is 1. The van der Waals surface area contributed by atoms with Crippen molar-refractivity contribution >= 4 is 28.6 Å². The van der Waals surface area contributed by atoms with Crippen LogP contribution < -0.4 is 10.2 Å². The SMILES string of the molecule is CCc1oc2ccccc2c1CN(C)C(=O)c1ccc(N2CCNC2=O)cc1. The Hall–Kier alpha value is -3.28. The average Bonchev–Trinajstić information content (AvgIpc) is 3.31. The van der Waals surface area contributed by atoms with E-state index in [0.29, 0.717) is 25.2 Å². The highest BCUT2D eigenvalue weighted by Crippen LogP contribution is 2.28. The maximum Gasteiger partial charge on any atom is 0.321 e. The van der Waals surface area contributed by atoms with E-state index in [4.69, 9.17) is 4.42 Å². The molecule has 6 heteroatoms. The second-order valence-electron chi connectivity index (χ2n) is 6.95. The van der Waals surface area contributed by atoms with E-state index in [1.54, 1.807) is 29.0 Å². The highest BCUT2D eigenvalue weighted by molar-refractivity contribution is 5.97. The van der Waals surface area contributed by atoms with Crippen LogP contribution in [0.5, 0.6) is 0 Å². The molecule has 2 heterocycles. The molecule has 0 atom stereocenters. The molecule has 0 radical (unpaired) electrons. The van der Waals surface area contributed by atoms with Crippen molar-refractivity contribution in [3.8, 4) is 0 Å². The van der Waals surface area contributed by atoms with Gasteiger partial charge in [-0.15, -0.1) is 0 Å². The third-order valence-electron chi connectivity index (χ3n) is 5.13. The number of urea groups is 1. The van der Waals surface area contributed by atoms with E-state index in [9.17, 15) is 9.59 Å². The lowest BCUT2D eigenvalue weighted by Crippen LogP contribution is -2.28. The Balaban J connectivity index is 1.53. The smallest absolute Gasteiger partial charge is 0.321 e. The molecule has 2 aromatic carbocycles. The van der Waals surface area contributed by atoms with Gasteiger partial charge in [0.15, 0.2) is 0 Å². The van der Waals surface area contributed by atoms with Crippen molar-refractivity contribution in [2.45, 2.75) is 19.9 Å². The Bertz CT molecular complexity index is 1020. The molecule has 0 spiro atoms. The molecule has 6 nitrogen and oxygen atoms in total. The predicted octanol–water partition coefficient (Wildman–Crippen LogP) is 3.80. The molecule has 3 aromatic rings. The van der Waals surface area contributed by atoms with Crippen LogP contribution in [0.2, 0.25) is 0 Å². The number of aryl methyl sites for hydroxylation is 1. The van der Waals surface area contributed by atoms with Gasteiger partial charge in [0.1, 0.15) is 11.3 Å². The zero-order valence-electron chi connectivity index (χ0n) is 16.1. The van der Waals surface area contributed by atoms with Crippen LogP contribution in [-0.2, 0) is 13.0 Å². The van der Waals surface area contributed by atoms with Crippen LogP contribution in [0.1, 0.15) is 28.6 Å². The van der Waals surface area contributed by atoms with Gasteiger partial charge in [-0.1, -0.05) is 25.1 Å². The van der Waals surface area contributed by atoms with E-state index in [1.165, 1.54) is 0 Å². The number of amides is 3. The molecule has 0 unspecified atom stereocenters. The fourth-order valence-corrected chi connectivity index (χ4v) is 3.64. The topological polar surface area (TPSA) is 65.8 Å². The largest absolute Gasteiger partial charge is 0.461 e. The number of carbonyl (C=O) groups is 2. The van der Waals surface area contributed by atoms with E-state index < -0.39 is 0 Å². The van der Waals surface area contributed by atoms with Gasteiger partial charge in [0.05, 0.1) is 0 Å². The number of furan rings is 1. The molecule has 1 fully saturated rings. The predicted molar refractivity (Wildman–Crippen MR) is 109 cm³/mol. The number of nitrogens with one attached hydrogen (secondary N) is 1. The second kappa shape index (κ2) is 7.38. The van der Waals surface area contributed by atoms with Crippen LogP contribution in [0.15, 0.2) is 52.9 Å². The van der Waals surface area contributed by atoms with Gasteiger partial charge in [0.25, 0.3) is 5.91 Å². The number of para-hydroxylation sites is 1. The summed E-state index contributed by atoms with van der Waals surface area (Å²) in [4.78, 5) is 28.1. The Morgan fingerprint density at radius 1 is 1.18 bits per heavy atom. The minimum absolute atomic E-state index is 0.0650. The first-order valence-electron chi connectivity index (χ1n) is 9.48. The van der Waals surface area contributed by atoms with Crippen molar-refractivity contribution in [3.05, 3.63) is 65.4 Å². The summed E-state index contributed by atoms with van der Waals surface area (Å²) >= 11 is 0. The fourth-order valence-electron chi connectivity index (χ4n) is 3.64. The van der Waals surface area contributed by atoms with Crippen LogP contribution in [0.25, 0.3) is 11.0 Å². The molecule has 1 aromatic heterocycles. The number of benzene rings is 2. The number of hydrogen-bond acceptors (Lipinski definition) is 3. The monoisotopic (exact) mass is 377 g/mol. The molecule has 1 aliphatic heterocycles. The van der Waals surface area contributed by atoms with Gasteiger partial charge in [-0.2, -0.15) is 0 Å². The van der Waals surface area contributed by atoms with Crippen molar-refractivity contribution in [1.29, 1.82) is 0 Å². The van der Waals surface area contributed by atoms with Gasteiger partial charge in [0, 0.05) is 55.3 Å². The number of anilines is 1. The Labute approximate surface area is 163 Å². The summed E-state index contributed by atoms with van der Waals surface area (Å²) in [7, 11) is 1.80. The van der Waals surface area contributed by atoms with Crippen molar-refractivity contribution in [2.75, 3.05) is 25.0 Å². The molecular formula is C22H23N3O3. The molecule has 1 saturated heterocycles. The second-order valence-corrected chi connectivity index (χ2v) is 6.95.